The van der Waals surface area contributed by atoms with Crippen LogP contribution in [0.4, 0.5) is 0 Å². The van der Waals surface area contributed by atoms with Crippen LogP contribution in [-0.2, 0) is 13.1 Å². The Hall–Kier alpha value is -0.830. The van der Waals surface area contributed by atoms with Crippen LogP contribution in [-0.4, -0.2) is 16.3 Å². The number of nitrogens with one attached hydrogen (secondary N) is 1. The van der Waals surface area contributed by atoms with E-state index in [0.717, 1.165) is 19.6 Å². The monoisotopic (exact) mass is 237 g/mol. The van der Waals surface area contributed by atoms with Gasteiger partial charge in [-0.1, -0.05) is 34.1 Å². The highest BCUT2D eigenvalue weighted by atomic mass is 15.3. The highest BCUT2D eigenvalue weighted by Gasteiger charge is 2.08. The molecule has 1 atom stereocenters. The maximum absolute atomic E-state index is 4.48. The van der Waals surface area contributed by atoms with Gasteiger partial charge in [0, 0.05) is 24.3 Å². The first-order valence-corrected chi connectivity index (χ1v) is 6.76. The van der Waals surface area contributed by atoms with Gasteiger partial charge >= 0.3 is 0 Å². The lowest BCUT2D eigenvalue weighted by Crippen LogP contribution is -2.19. The number of hydrogen-bond acceptors (Lipinski definition) is 2. The summed E-state index contributed by atoms with van der Waals surface area (Å²) in [5.41, 5.74) is 2.63. The van der Waals surface area contributed by atoms with Crippen LogP contribution in [0.15, 0.2) is 6.20 Å². The average molecular weight is 237 g/mol. The molecular formula is C14H27N3. The normalized spacial score (nSPS) is 13.3. The fourth-order valence-electron chi connectivity index (χ4n) is 1.76. The van der Waals surface area contributed by atoms with E-state index in [0.29, 0.717) is 11.8 Å². The quantitative estimate of drug-likeness (QED) is 0.790. The highest BCUT2D eigenvalue weighted by molar-refractivity contribution is 5.15. The molecular weight excluding hydrogens is 210 g/mol. The van der Waals surface area contributed by atoms with Crippen LogP contribution in [0.1, 0.15) is 45.4 Å². The van der Waals surface area contributed by atoms with E-state index in [-0.39, 0.29) is 0 Å². The molecule has 1 rings (SSSR count). The van der Waals surface area contributed by atoms with Crippen molar-refractivity contribution in [2.24, 2.45) is 11.8 Å². The van der Waals surface area contributed by atoms with Crippen molar-refractivity contribution in [1.82, 2.24) is 15.1 Å². The highest BCUT2D eigenvalue weighted by Crippen LogP contribution is 2.11. The molecule has 0 aliphatic carbocycles. The van der Waals surface area contributed by atoms with Gasteiger partial charge in [-0.25, -0.2) is 0 Å². The molecule has 3 heteroatoms. The van der Waals surface area contributed by atoms with E-state index in [2.05, 4.69) is 49.7 Å². The molecule has 1 heterocycles. The summed E-state index contributed by atoms with van der Waals surface area (Å²) in [5.74, 6) is 1.40. The zero-order valence-corrected chi connectivity index (χ0v) is 12.0. The molecule has 0 bridgehead atoms. The van der Waals surface area contributed by atoms with Gasteiger partial charge in [-0.15, -0.1) is 0 Å². The SMILES string of the molecule is CCC(C)Cn1ncc(CNCC(C)C)c1C. The van der Waals surface area contributed by atoms with Gasteiger partial charge in [0.15, 0.2) is 0 Å². The summed E-state index contributed by atoms with van der Waals surface area (Å²) in [5, 5.41) is 7.95. The van der Waals surface area contributed by atoms with E-state index in [1.807, 2.05) is 6.20 Å². The Morgan fingerprint density at radius 1 is 1.35 bits per heavy atom. The predicted molar refractivity (Wildman–Crippen MR) is 73.0 cm³/mol. The van der Waals surface area contributed by atoms with Crippen molar-refractivity contribution in [3.05, 3.63) is 17.5 Å². The topological polar surface area (TPSA) is 29.9 Å². The molecule has 0 saturated heterocycles. The molecule has 1 aromatic rings. The van der Waals surface area contributed by atoms with Crippen molar-refractivity contribution >= 4 is 0 Å². The van der Waals surface area contributed by atoms with E-state index >= 15 is 0 Å². The van der Waals surface area contributed by atoms with Gasteiger partial charge in [-0.2, -0.15) is 5.10 Å². The molecule has 0 aliphatic rings. The standard InChI is InChI=1S/C14H27N3/c1-6-12(4)10-17-13(5)14(9-16-17)8-15-7-11(2)3/h9,11-12,15H,6-8,10H2,1-5H3. The fraction of sp³-hybridized carbons (Fsp3) is 0.786. The summed E-state index contributed by atoms with van der Waals surface area (Å²) in [6.45, 7) is 14.2. The zero-order chi connectivity index (χ0) is 12.8. The van der Waals surface area contributed by atoms with Gasteiger partial charge in [0.25, 0.3) is 0 Å². The number of nitrogens with zero attached hydrogens (tertiary/aromatic N) is 2. The van der Waals surface area contributed by atoms with Crippen LogP contribution in [0.2, 0.25) is 0 Å². The van der Waals surface area contributed by atoms with Gasteiger partial charge in [-0.05, 0) is 25.3 Å². The summed E-state index contributed by atoms with van der Waals surface area (Å²) in [7, 11) is 0. The Morgan fingerprint density at radius 3 is 2.65 bits per heavy atom. The molecule has 3 nitrogen and oxygen atoms in total. The molecule has 0 aliphatic heterocycles. The van der Waals surface area contributed by atoms with Crippen molar-refractivity contribution in [2.75, 3.05) is 6.54 Å². The lowest BCUT2D eigenvalue weighted by Gasteiger charge is -2.11. The van der Waals surface area contributed by atoms with E-state index in [1.54, 1.807) is 0 Å². The van der Waals surface area contributed by atoms with Crippen LogP contribution in [0, 0.1) is 18.8 Å². The molecule has 1 aromatic heterocycles. The summed E-state index contributed by atoms with van der Waals surface area (Å²) >= 11 is 0. The summed E-state index contributed by atoms with van der Waals surface area (Å²) in [6.07, 6.45) is 3.21. The van der Waals surface area contributed by atoms with Crippen molar-refractivity contribution in [3.63, 3.8) is 0 Å². The lowest BCUT2D eigenvalue weighted by molar-refractivity contribution is 0.432. The molecule has 0 amide bonds. The fourth-order valence-corrected chi connectivity index (χ4v) is 1.76. The third kappa shape index (κ3) is 4.50. The second-order valence-electron chi connectivity index (χ2n) is 5.48. The van der Waals surface area contributed by atoms with Gasteiger partial charge in [-0.3, -0.25) is 4.68 Å². The van der Waals surface area contributed by atoms with Crippen molar-refractivity contribution in [2.45, 2.75) is 54.1 Å². The Bertz CT molecular complexity index is 328. The van der Waals surface area contributed by atoms with Crippen LogP contribution in [0.3, 0.4) is 0 Å². The number of hydrogen-bond donors (Lipinski definition) is 1. The van der Waals surface area contributed by atoms with E-state index in [9.17, 15) is 0 Å². The first kappa shape index (κ1) is 14.2. The molecule has 1 unspecified atom stereocenters. The summed E-state index contributed by atoms with van der Waals surface area (Å²) in [4.78, 5) is 0. The van der Waals surface area contributed by atoms with E-state index in [4.69, 9.17) is 0 Å². The lowest BCUT2D eigenvalue weighted by atomic mass is 10.1. The minimum Gasteiger partial charge on any atom is -0.312 e. The Balaban J connectivity index is 2.52. The molecule has 98 valence electrons. The van der Waals surface area contributed by atoms with Gasteiger partial charge in [0.1, 0.15) is 0 Å². The first-order chi connectivity index (χ1) is 8.04. The van der Waals surface area contributed by atoms with Crippen LogP contribution < -0.4 is 5.32 Å². The molecule has 0 spiro atoms. The van der Waals surface area contributed by atoms with Crippen molar-refractivity contribution in [1.29, 1.82) is 0 Å². The first-order valence-electron chi connectivity index (χ1n) is 6.76. The minimum atomic E-state index is 0.699. The second kappa shape index (κ2) is 6.80. The zero-order valence-electron chi connectivity index (χ0n) is 12.0. The van der Waals surface area contributed by atoms with Gasteiger partial charge in [0.2, 0.25) is 0 Å². The van der Waals surface area contributed by atoms with Crippen molar-refractivity contribution in [3.8, 4) is 0 Å². The third-order valence-electron chi connectivity index (χ3n) is 3.25. The molecule has 0 aromatic carbocycles. The summed E-state index contributed by atoms with van der Waals surface area (Å²) in [6, 6.07) is 0. The van der Waals surface area contributed by atoms with Gasteiger partial charge < -0.3 is 5.32 Å². The smallest absolute Gasteiger partial charge is 0.0537 e. The van der Waals surface area contributed by atoms with Crippen LogP contribution in [0.5, 0.6) is 0 Å². The number of rotatable bonds is 7. The maximum Gasteiger partial charge on any atom is 0.0537 e. The van der Waals surface area contributed by atoms with E-state index < -0.39 is 0 Å². The second-order valence-corrected chi connectivity index (χ2v) is 5.48. The average Bonchev–Trinajstić information content (AvgIpc) is 2.61. The molecule has 17 heavy (non-hydrogen) atoms. The van der Waals surface area contributed by atoms with Crippen LogP contribution >= 0.6 is 0 Å². The molecule has 0 saturated carbocycles. The van der Waals surface area contributed by atoms with E-state index in [1.165, 1.54) is 17.7 Å². The maximum atomic E-state index is 4.48. The van der Waals surface area contributed by atoms with Crippen molar-refractivity contribution < 1.29 is 0 Å². The number of aromatic nitrogens is 2. The Labute approximate surface area is 106 Å². The Morgan fingerprint density at radius 2 is 2.06 bits per heavy atom. The summed E-state index contributed by atoms with van der Waals surface area (Å²) < 4.78 is 2.14. The largest absolute Gasteiger partial charge is 0.312 e. The molecule has 1 N–H and O–H groups in total. The Kier molecular flexibility index (Phi) is 5.69. The van der Waals surface area contributed by atoms with Crippen LogP contribution in [0.25, 0.3) is 0 Å². The molecule has 0 fully saturated rings. The van der Waals surface area contributed by atoms with Gasteiger partial charge in [0.05, 0.1) is 6.20 Å². The molecule has 0 radical (unpaired) electrons. The third-order valence-corrected chi connectivity index (χ3v) is 3.25. The minimum absolute atomic E-state index is 0.699. The predicted octanol–water partition coefficient (Wildman–Crippen LogP) is 2.98.